The lowest BCUT2D eigenvalue weighted by atomic mass is 9.48. The van der Waals surface area contributed by atoms with Crippen molar-refractivity contribution in [2.75, 3.05) is 4.90 Å². The Kier molecular flexibility index (Phi) is 6.33. The van der Waals surface area contributed by atoms with Gasteiger partial charge in [0.2, 0.25) is 11.1 Å². The lowest BCUT2D eigenvalue weighted by Crippen LogP contribution is -2.70. The first-order chi connectivity index (χ1) is 25.5. The SMILES string of the molecule is Cc1cc2c3c(c1)N(c1cccc4ccccc14)c1c(sc4ccc(C(C)C)cc14)B3[n+]1c(-c3ccc(-c4ccccc4)cc3)oc3cccc-2c31. The highest BCUT2D eigenvalue weighted by Gasteiger charge is 2.54. The van der Waals surface area contributed by atoms with Crippen LogP contribution in [0.4, 0.5) is 17.1 Å². The van der Waals surface area contributed by atoms with Gasteiger partial charge in [0.25, 0.3) is 0 Å². The number of oxazole rings is 1. The zero-order valence-electron chi connectivity index (χ0n) is 29.2. The molecule has 11 rings (SSSR count). The fourth-order valence-electron chi connectivity index (χ4n) is 8.73. The predicted molar refractivity (Wildman–Crippen MR) is 220 cm³/mol. The Labute approximate surface area is 307 Å². The second-order valence-corrected chi connectivity index (χ2v) is 15.7. The monoisotopic (exact) mass is 685 g/mol. The van der Waals surface area contributed by atoms with Gasteiger partial charge in [-0.25, -0.2) is 4.48 Å². The lowest BCUT2D eigenvalue weighted by molar-refractivity contribution is -0.495. The zero-order chi connectivity index (χ0) is 34.7. The van der Waals surface area contributed by atoms with E-state index >= 15 is 0 Å². The third kappa shape index (κ3) is 4.17. The number of hydrogen-bond acceptors (Lipinski definition) is 3. The molecule has 246 valence electrons. The number of hydrogen-bond donors (Lipinski definition) is 0. The Morgan fingerprint density at radius 2 is 1.40 bits per heavy atom. The van der Waals surface area contributed by atoms with Crippen LogP contribution >= 0.6 is 11.3 Å². The van der Waals surface area contributed by atoms with E-state index in [1.807, 2.05) is 11.3 Å². The molecule has 0 spiro atoms. The first kappa shape index (κ1) is 29.8. The van der Waals surface area contributed by atoms with E-state index in [1.54, 1.807) is 0 Å². The van der Waals surface area contributed by atoms with Gasteiger partial charge < -0.3 is 9.32 Å². The van der Waals surface area contributed by atoms with Crippen LogP contribution in [0.5, 0.6) is 0 Å². The number of rotatable bonds is 4. The van der Waals surface area contributed by atoms with Crippen molar-refractivity contribution in [2.45, 2.75) is 26.7 Å². The summed E-state index contributed by atoms with van der Waals surface area (Å²) in [6.45, 7) is 6.76. The van der Waals surface area contributed by atoms with Crippen molar-refractivity contribution in [3.8, 4) is 33.7 Å². The van der Waals surface area contributed by atoms with E-state index in [4.69, 9.17) is 4.42 Å². The highest BCUT2D eigenvalue weighted by molar-refractivity contribution is 7.31. The average molecular weight is 686 g/mol. The molecule has 2 aliphatic heterocycles. The van der Waals surface area contributed by atoms with Crippen LogP contribution in [-0.2, 0) is 0 Å². The van der Waals surface area contributed by atoms with Crippen molar-refractivity contribution in [3.05, 3.63) is 157 Å². The number of para-hydroxylation sites is 1. The van der Waals surface area contributed by atoms with Gasteiger partial charge >= 0.3 is 12.7 Å². The molecule has 0 unspecified atom stereocenters. The zero-order valence-corrected chi connectivity index (χ0v) is 30.0. The van der Waals surface area contributed by atoms with Crippen LogP contribution < -0.4 is 19.6 Å². The molecule has 9 aromatic rings. The molecular formula is C47H34BN2OS+. The molecule has 52 heavy (non-hydrogen) atoms. The molecule has 3 nitrogen and oxygen atoms in total. The third-order valence-electron chi connectivity index (χ3n) is 11.1. The van der Waals surface area contributed by atoms with Gasteiger partial charge in [0, 0.05) is 26.6 Å². The molecule has 4 heterocycles. The Morgan fingerprint density at radius 3 is 2.25 bits per heavy atom. The minimum atomic E-state index is -0.0633. The molecule has 5 heteroatoms. The van der Waals surface area contributed by atoms with Gasteiger partial charge in [-0.05, 0) is 94.6 Å². The van der Waals surface area contributed by atoms with Crippen LogP contribution in [-0.4, -0.2) is 6.85 Å². The van der Waals surface area contributed by atoms with E-state index < -0.39 is 0 Å². The molecule has 0 atom stereocenters. The Balaban J connectivity index is 1.25. The molecule has 0 saturated heterocycles. The molecular weight excluding hydrogens is 651 g/mol. The standard InChI is InChI=1S/C47H34BN2OS/c1-28(2)34-23-24-42-38(27-34)45-46(52-42)48-43-37(25-29(3)26-40(43)49(45)39-17-9-14-32-13-7-8-15-35(32)39)36-16-10-18-41-44(36)50(48)47(51-41)33-21-19-31(20-22-33)30-11-5-4-6-12-30/h4-28H,1-3H3/q+1. The van der Waals surface area contributed by atoms with Crippen LogP contribution in [0.25, 0.3) is 65.7 Å². The molecule has 0 fully saturated rings. The molecule has 0 radical (unpaired) electrons. The molecule has 7 aromatic carbocycles. The quantitative estimate of drug-likeness (QED) is 0.172. The molecule has 0 amide bonds. The molecule has 0 aliphatic carbocycles. The van der Waals surface area contributed by atoms with Gasteiger partial charge in [0.05, 0.1) is 27.3 Å². The summed E-state index contributed by atoms with van der Waals surface area (Å²) >= 11 is 1.93. The summed E-state index contributed by atoms with van der Waals surface area (Å²) in [6, 6.07) is 53.5. The van der Waals surface area contributed by atoms with E-state index in [9.17, 15) is 0 Å². The summed E-state index contributed by atoms with van der Waals surface area (Å²) in [5.74, 6) is 1.31. The minimum absolute atomic E-state index is 0.0633. The van der Waals surface area contributed by atoms with E-state index in [0.717, 1.165) is 22.6 Å². The maximum atomic E-state index is 6.96. The van der Waals surface area contributed by atoms with Crippen molar-refractivity contribution in [2.24, 2.45) is 0 Å². The smallest absolute Gasteiger partial charge is 0.399 e. The van der Waals surface area contributed by atoms with Crippen LogP contribution in [0.15, 0.2) is 150 Å². The Bertz CT molecular complexity index is 2900. The predicted octanol–water partition coefficient (Wildman–Crippen LogP) is 11.3. The minimum Gasteiger partial charge on any atom is -0.399 e. The van der Waals surface area contributed by atoms with Crippen LogP contribution in [0.2, 0.25) is 0 Å². The van der Waals surface area contributed by atoms with Gasteiger partial charge in [-0.15, -0.1) is 11.3 Å². The van der Waals surface area contributed by atoms with Crippen molar-refractivity contribution in [1.29, 1.82) is 0 Å². The van der Waals surface area contributed by atoms with Crippen molar-refractivity contribution < 1.29 is 8.90 Å². The summed E-state index contributed by atoms with van der Waals surface area (Å²) < 4.78 is 12.1. The highest BCUT2D eigenvalue weighted by atomic mass is 32.1. The highest BCUT2D eigenvalue weighted by Crippen LogP contribution is 2.48. The van der Waals surface area contributed by atoms with Gasteiger partial charge in [-0.3, -0.25) is 0 Å². The summed E-state index contributed by atoms with van der Waals surface area (Å²) in [6.07, 6.45) is 0. The summed E-state index contributed by atoms with van der Waals surface area (Å²) in [7, 11) is 0. The van der Waals surface area contributed by atoms with Gasteiger partial charge in [0.1, 0.15) is 0 Å². The molecule has 0 N–H and O–H groups in total. The molecule has 0 saturated carbocycles. The second-order valence-electron chi connectivity index (χ2n) is 14.6. The van der Waals surface area contributed by atoms with Gasteiger partial charge in [0.15, 0.2) is 0 Å². The van der Waals surface area contributed by atoms with Crippen molar-refractivity contribution >= 4 is 77.4 Å². The largest absolute Gasteiger partial charge is 0.578 e. The number of thiophene rings is 1. The number of benzene rings is 7. The van der Waals surface area contributed by atoms with Crippen LogP contribution in [0, 0.1) is 6.92 Å². The summed E-state index contributed by atoms with van der Waals surface area (Å²) in [5.41, 5.74) is 15.7. The Hall–Kier alpha value is -5.91. The molecule has 2 aliphatic rings. The van der Waals surface area contributed by atoms with Crippen LogP contribution in [0.1, 0.15) is 30.9 Å². The van der Waals surface area contributed by atoms with E-state index in [2.05, 4.69) is 176 Å². The number of fused-ring (bicyclic) bond motifs is 7. The maximum absolute atomic E-state index is 6.96. The fraction of sp³-hybridized carbons (Fsp3) is 0.0851. The second kappa shape index (κ2) is 11.0. The van der Waals surface area contributed by atoms with E-state index in [1.165, 1.54) is 81.5 Å². The van der Waals surface area contributed by atoms with Crippen LogP contribution in [0.3, 0.4) is 0 Å². The van der Waals surface area contributed by atoms with E-state index in [0.29, 0.717) is 5.92 Å². The summed E-state index contributed by atoms with van der Waals surface area (Å²) in [5, 5.41) is 3.80. The first-order valence-electron chi connectivity index (χ1n) is 18.2. The van der Waals surface area contributed by atoms with Gasteiger partial charge in [-0.2, -0.15) is 0 Å². The molecule has 0 bridgehead atoms. The first-order valence-corrected chi connectivity index (χ1v) is 19.0. The van der Waals surface area contributed by atoms with Crippen molar-refractivity contribution in [3.63, 3.8) is 0 Å². The van der Waals surface area contributed by atoms with Crippen molar-refractivity contribution in [1.82, 2.24) is 0 Å². The number of aryl methyl sites for hydroxylation is 1. The normalized spacial score (nSPS) is 13.0. The summed E-state index contributed by atoms with van der Waals surface area (Å²) in [4.78, 5) is 2.59. The fourth-order valence-corrected chi connectivity index (χ4v) is 10.00. The lowest BCUT2D eigenvalue weighted by Gasteiger charge is -2.35. The number of aromatic nitrogens is 1. The van der Waals surface area contributed by atoms with E-state index in [-0.39, 0.29) is 6.85 Å². The number of nitrogens with zero attached hydrogens (tertiary/aromatic N) is 2. The topological polar surface area (TPSA) is 20.3 Å². The molecule has 2 aromatic heterocycles. The third-order valence-corrected chi connectivity index (χ3v) is 12.3. The average Bonchev–Trinajstić information content (AvgIpc) is 3.76. The number of anilines is 3. The maximum Gasteiger partial charge on any atom is 0.578 e. The Morgan fingerprint density at radius 1 is 0.654 bits per heavy atom. The van der Waals surface area contributed by atoms with Gasteiger partial charge in [-0.1, -0.05) is 111 Å².